The molecular formula is C24H19ClFN3O. The van der Waals surface area contributed by atoms with E-state index in [1.165, 1.54) is 12.3 Å². The van der Waals surface area contributed by atoms with Crippen LogP contribution in [0.25, 0.3) is 11.3 Å². The molecule has 6 heteroatoms. The summed E-state index contributed by atoms with van der Waals surface area (Å²) >= 11 is 6.12. The van der Waals surface area contributed by atoms with E-state index in [0.29, 0.717) is 17.5 Å². The Kier molecular flexibility index (Phi) is 5.91. The molecule has 30 heavy (non-hydrogen) atoms. The van der Waals surface area contributed by atoms with Crippen molar-refractivity contribution in [2.45, 2.75) is 6.54 Å². The quantitative estimate of drug-likeness (QED) is 0.351. The van der Waals surface area contributed by atoms with Gasteiger partial charge in [0.1, 0.15) is 11.6 Å². The molecule has 0 aliphatic carbocycles. The summed E-state index contributed by atoms with van der Waals surface area (Å²) in [6, 6.07) is 22.3. The normalized spacial score (nSPS) is 11.2. The zero-order valence-electron chi connectivity index (χ0n) is 16.3. The Morgan fingerprint density at radius 3 is 2.50 bits per heavy atom. The summed E-state index contributed by atoms with van der Waals surface area (Å²) in [7, 11) is 1.64. The number of nitrogens with zero attached hydrogens (tertiary/aromatic N) is 3. The molecule has 0 saturated heterocycles. The number of imidazole rings is 1. The van der Waals surface area contributed by atoms with E-state index < -0.39 is 5.82 Å². The Labute approximate surface area is 179 Å². The fourth-order valence-electron chi connectivity index (χ4n) is 3.13. The summed E-state index contributed by atoms with van der Waals surface area (Å²) in [5, 5.41) is 0.301. The molecule has 0 atom stereocenters. The Hall–Kier alpha value is -3.44. The number of aromatic nitrogens is 2. The highest BCUT2D eigenvalue weighted by Crippen LogP contribution is 2.27. The fourth-order valence-corrected chi connectivity index (χ4v) is 3.35. The Balaban J connectivity index is 1.74. The van der Waals surface area contributed by atoms with Crippen LogP contribution in [0, 0.1) is 5.82 Å². The van der Waals surface area contributed by atoms with Crippen molar-refractivity contribution in [3.8, 4) is 17.0 Å². The summed E-state index contributed by atoms with van der Waals surface area (Å²) in [5.74, 6) is 0.826. The highest BCUT2D eigenvalue weighted by atomic mass is 35.5. The van der Waals surface area contributed by atoms with Gasteiger partial charge >= 0.3 is 0 Å². The van der Waals surface area contributed by atoms with Crippen LogP contribution in [0.1, 0.15) is 11.1 Å². The van der Waals surface area contributed by atoms with Crippen LogP contribution in [0.5, 0.6) is 5.75 Å². The molecule has 4 aromatic rings. The Morgan fingerprint density at radius 2 is 1.80 bits per heavy atom. The van der Waals surface area contributed by atoms with E-state index in [0.717, 1.165) is 22.6 Å². The number of hydrogen-bond donors (Lipinski definition) is 0. The smallest absolute Gasteiger partial charge is 0.230 e. The average molecular weight is 420 g/mol. The molecule has 0 bridgehead atoms. The summed E-state index contributed by atoms with van der Waals surface area (Å²) < 4.78 is 21.4. The summed E-state index contributed by atoms with van der Waals surface area (Å²) in [5.41, 5.74) is 3.23. The maximum Gasteiger partial charge on any atom is 0.230 e. The standard InChI is InChI=1S/C24H19ClFN3O/c1-30-19-12-10-17(11-13-19)16-29-23(18-6-3-2-4-7-18)15-28-24(29)27-14-20-21(25)8-5-9-22(20)26/h2-15H,16H2,1H3. The molecular weight excluding hydrogens is 401 g/mol. The van der Waals surface area contributed by atoms with E-state index in [1.807, 2.05) is 59.2 Å². The van der Waals surface area contributed by atoms with Crippen LogP contribution < -0.4 is 4.74 Å². The number of ether oxygens (including phenoxy) is 1. The highest BCUT2D eigenvalue weighted by Gasteiger charge is 2.12. The molecule has 0 spiro atoms. The first-order chi connectivity index (χ1) is 14.7. The van der Waals surface area contributed by atoms with Gasteiger partial charge in [0.05, 0.1) is 30.6 Å². The molecule has 3 aromatic carbocycles. The third kappa shape index (κ3) is 4.26. The maximum absolute atomic E-state index is 14.1. The molecule has 150 valence electrons. The SMILES string of the molecule is COc1ccc(Cn2c(-c3ccccc3)cnc2N=Cc2c(F)cccc2Cl)cc1. The zero-order valence-corrected chi connectivity index (χ0v) is 17.1. The van der Waals surface area contributed by atoms with Gasteiger partial charge < -0.3 is 9.30 Å². The van der Waals surface area contributed by atoms with Crippen LogP contribution in [-0.4, -0.2) is 22.9 Å². The number of methoxy groups -OCH3 is 1. The largest absolute Gasteiger partial charge is 0.497 e. The van der Waals surface area contributed by atoms with E-state index in [9.17, 15) is 4.39 Å². The molecule has 0 fully saturated rings. The molecule has 0 amide bonds. The summed E-state index contributed by atoms with van der Waals surface area (Å²) in [4.78, 5) is 8.92. The van der Waals surface area contributed by atoms with Crippen molar-refractivity contribution >= 4 is 23.8 Å². The van der Waals surface area contributed by atoms with E-state index >= 15 is 0 Å². The minimum atomic E-state index is -0.428. The van der Waals surface area contributed by atoms with Gasteiger partial charge in [-0.05, 0) is 35.4 Å². The zero-order chi connectivity index (χ0) is 20.9. The van der Waals surface area contributed by atoms with Gasteiger partial charge in [-0.15, -0.1) is 0 Å². The van der Waals surface area contributed by atoms with Gasteiger partial charge in [0.25, 0.3) is 0 Å². The van der Waals surface area contributed by atoms with E-state index in [4.69, 9.17) is 16.3 Å². The minimum absolute atomic E-state index is 0.236. The molecule has 1 aromatic heterocycles. The maximum atomic E-state index is 14.1. The second kappa shape index (κ2) is 8.93. The second-order valence-corrected chi connectivity index (χ2v) is 7.04. The van der Waals surface area contributed by atoms with Gasteiger partial charge in [-0.25, -0.2) is 14.4 Å². The molecule has 1 heterocycles. The molecule has 4 rings (SSSR count). The van der Waals surface area contributed by atoms with Crippen molar-refractivity contribution in [2.75, 3.05) is 7.11 Å². The number of halogens is 2. The lowest BCUT2D eigenvalue weighted by Gasteiger charge is -2.11. The van der Waals surface area contributed by atoms with E-state index in [2.05, 4.69) is 9.98 Å². The van der Waals surface area contributed by atoms with E-state index in [1.54, 1.807) is 25.4 Å². The molecule has 0 aliphatic rings. The van der Waals surface area contributed by atoms with Crippen LogP contribution in [-0.2, 0) is 6.54 Å². The molecule has 0 radical (unpaired) electrons. The van der Waals surface area contributed by atoms with Crippen molar-refractivity contribution in [1.82, 2.24) is 9.55 Å². The fraction of sp³-hybridized carbons (Fsp3) is 0.0833. The van der Waals surface area contributed by atoms with Gasteiger partial charge in [0.2, 0.25) is 5.95 Å². The third-order valence-electron chi connectivity index (χ3n) is 4.71. The van der Waals surface area contributed by atoms with Crippen LogP contribution in [0.4, 0.5) is 10.3 Å². The lowest BCUT2D eigenvalue weighted by Crippen LogP contribution is -2.02. The van der Waals surface area contributed by atoms with Gasteiger partial charge in [-0.2, -0.15) is 0 Å². The lowest BCUT2D eigenvalue weighted by molar-refractivity contribution is 0.414. The number of hydrogen-bond acceptors (Lipinski definition) is 3. The van der Waals surface area contributed by atoms with Crippen LogP contribution in [0.2, 0.25) is 5.02 Å². The molecule has 4 nitrogen and oxygen atoms in total. The molecule has 0 N–H and O–H groups in total. The minimum Gasteiger partial charge on any atom is -0.497 e. The van der Waals surface area contributed by atoms with Crippen LogP contribution in [0.15, 0.2) is 84.0 Å². The predicted octanol–water partition coefficient (Wildman–Crippen LogP) is 6.15. The average Bonchev–Trinajstić information content (AvgIpc) is 3.17. The molecule has 0 aliphatic heterocycles. The van der Waals surface area contributed by atoms with Crippen molar-refractivity contribution in [1.29, 1.82) is 0 Å². The number of aliphatic imine (C=N–C) groups is 1. The van der Waals surface area contributed by atoms with Crippen LogP contribution >= 0.6 is 11.6 Å². The summed E-state index contributed by atoms with van der Waals surface area (Å²) in [6.45, 7) is 0.548. The lowest BCUT2D eigenvalue weighted by atomic mass is 10.1. The van der Waals surface area contributed by atoms with Crippen molar-refractivity contribution in [3.05, 3.63) is 101 Å². The third-order valence-corrected chi connectivity index (χ3v) is 5.04. The topological polar surface area (TPSA) is 39.4 Å². The van der Waals surface area contributed by atoms with E-state index in [-0.39, 0.29) is 5.56 Å². The van der Waals surface area contributed by atoms with Gasteiger partial charge in [-0.3, -0.25) is 0 Å². The predicted molar refractivity (Wildman–Crippen MR) is 118 cm³/mol. The monoisotopic (exact) mass is 419 g/mol. The van der Waals surface area contributed by atoms with Gasteiger partial charge in [-0.1, -0.05) is 60.1 Å². The molecule has 0 unspecified atom stereocenters. The number of rotatable bonds is 6. The number of benzene rings is 3. The highest BCUT2D eigenvalue weighted by molar-refractivity contribution is 6.33. The Bertz CT molecular complexity index is 1150. The summed E-state index contributed by atoms with van der Waals surface area (Å²) in [6.07, 6.45) is 3.19. The first-order valence-corrected chi connectivity index (χ1v) is 9.75. The first kappa shape index (κ1) is 19.9. The molecule has 0 saturated carbocycles. The first-order valence-electron chi connectivity index (χ1n) is 9.37. The Morgan fingerprint density at radius 1 is 1.03 bits per heavy atom. The van der Waals surface area contributed by atoms with Crippen molar-refractivity contribution in [3.63, 3.8) is 0 Å². The van der Waals surface area contributed by atoms with Gasteiger partial charge in [0.15, 0.2) is 0 Å². The van der Waals surface area contributed by atoms with Crippen molar-refractivity contribution < 1.29 is 9.13 Å². The second-order valence-electron chi connectivity index (χ2n) is 6.64. The van der Waals surface area contributed by atoms with Crippen molar-refractivity contribution in [2.24, 2.45) is 4.99 Å². The van der Waals surface area contributed by atoms with Gasteiger partial charge in [0, 0.05) is 11.8 Å². The van der Waals surface area contributed by atoms with Crippen LogP contribution in [0.3, 0.4) is 0 Å².